The molecule has 0 atom stereocenters. The number of carbonyl (C=O) groups excluding carboxylic acids is 2. The summed E-state index contributed by atoms with van der Waals surface area (Å²) in [6.45, 7) is 7.72. The van der Waals surface area contributed by atoms with E-state index in [1.54, 1.807) is 0 Å². The molecule has 20 heavy (non-hydrogen) atoms. The predicted molar refractivity (Wildman–Crippen MR) is 73.3 cm³/mol. The average molecular weight is 290 g/mol. The molecule has 6 heteroatoms. The first-order chi connectivity index (χ1) is 9.67. The van der Waals surface area contributed by atoms with E-state index in [0.717, 1.165) is 0 Å². The van der Waals surface area contributed by atoms with Crippen molar-refractivity contribution in [1.82, 2.24) is 0 Å². The van der Waals surface area contributed by atoms with Crippen LogP contribution in [-0.2, 0) is 28.5 Å². The van der Waals surface area contributed by atoms with E-state index in [2.05, 4.69) is 0 Å². The lowest BCUT2D eigenvalue weighted by molar-refractivity contribution is -0.164. The van der Waals surface area contributed by atoms with Crippen molar-refractivity contribution < 1.29 is 28.5 Å². The van der Waals surface area contributed by atoms with Crippen LogP contribution in [0.2, 0.25) is 0 Å². The summed E-state index contributed by atoms with van der Waals surface area (Å²) in [4.78, 5) is 23.6. The van der Waals surface area contributed by atoms with E-state index in [1.807, 2.05) is 20.8 Å². The van der Waals surface area contributed by atoms with E-state index in [0.29, 0.717) is 39.3 Å². The van der Waals surface area contributed by atoms with Crippen LogP contribution in [0.25, 0.3) is 0 Å². The quantitative estimate of drug-likeness (QED) is 0.308. The highest BCUT2D eigenvalue weighted by Gasteiger charge is 2.28. The molecule has 0 rings (SSSR count). The Morgan fingerprint density at radius 2 is 1.25 bits per heavy atom. The first-order valence-electron chi connectivity index (χ1n) is 7.16. The highest BCUT2D eigenvalue weighted by atomic mass is 16.6. The monoisotopic (exact) mass is 290 g/mol. The standard InChI is InChI=1S/C14H26O6/c1-4-7-12(13(15)19-10-8-17-5-2)14(16)20-11-9-18-6-3/h12H,4-11H2,1-3H3. The summed E-state index contributed by atoms with van der Waals surface area (Å²) < 4.78 is 20.2. The van der Waals surface area contributed by atoms with Gasteiger partial charge in [0.25, 0.3) is 0 Å². The maximum absolute atomic E-state index is 11.8. The van der Waals surface area contributed by atoms with Crippen molar-refractivity contribution >= 4 is 11.9 Å². The third-order valence-electron chi connectivity index (χ3n) is 2.50. The smallest absolute Gasteiger partial charge is 0.320 e. The van der Waals surface area contributed by atoms with E-state index in [4.69, 9.17) is 18.9 Å². The van der Waals surface area contributed by atoms with Crippen molar-refractivity contribution in [3.63, 3.8) is 0 Å². The number of carbonyl (C=O) groups is 2. The molecule has 6 nitrogen and oxygen atoms in total. The van der Waals surface area contributed by atoms with Crippen molar-refractivity contribution in [2.45, 2.75) is 33.6 Å². The maximum Gasteiger partial charge on any atom is 0.320 e. The van der Waals surface area contributed by atoms with Gasteiger partial charge >= 0.3 is 11.9 Å². The van der Waals surface area contributed by atoms with Gasteiger partial charge in [0, 0.05) is 13.2 Å². The zero-order chi connectivity index (χ0) is 15.2. The molecule has 0 aromatic rings. The molecule has 0 saturated heterocycles. The largest absolute Gasteiger partial charge is 0.463 e. The molecule has 0 N–H and O–H groups in total. The molecule has 0 aliphatic heterocycles. The Morgan fingerprint density at radius 1 is 0.800 bits per heavy atom. The summed E-state index contributed by atoms with van der Waals surface area (Å²) in [5.74, 6) is -1.95. The fraction of sp³-hybridized carbons (Fsp3) is 0.857. The van der Waals surface area contributed by atoms with Gasteiger partial charge in [-0.05, 0) is 20.3 Å². The molecular formula is C14H26O6. The fourth-order valence-corrected chi connectivity index (χ4v) is 1.51. The molecular weight excluding hydrogens is 264 g/mol. The Morgan fingerprint density at radius 3 is 1.60 bits per heavy atom. The maximum atomic E-state index is 11.8. The molecule has 0 heterocycles. The number of esters is 2. The van der Waals surface area contributed by atoms with Gasteiger partial charge in [-0.15, -0.1) is 0 Å². The molecule has 0 unspecified atom stereocenters. The van der Waals surface area contributed by atoms with Crippen LogP contribution in [0.1, 0.15) is 33.6 Å². The number of ether oxygens (including phenoxy) is 4. The fourth-order valence-electron chi connectivity index (χ4n) is 1.51. The van der Waals surface area contributed by atoms with Crippen LogP contribution in [0.3, 0.4) is 0 Å². The average Bonchev–Trinajstić information content (AvgIpc) is 2.45. The van der Waals surface area contributed by atoms with Gasteiger partial charge < -0.3 is 18.9 Å². The van der Waals surface area contributed by atoms with Gasteiger partial charge in [-0.25, -0.2) is 0 Å². The SMILES string of the molecule is CCCC(C(=O)OCCOCC)C(=O)OCCOCC. The molecule has 0 bridgehead atoms. The minimum atomic E-state index is -0.858. The summed E-state index contributed by atoms with van der Waals surface area (Å²) in [5.41, 5.74) is 0. The summed E-state index contributed by atoms with van der Waals surface area (Å²) >= 11 is 0. The number of hydrogen-bond donors (Lipinski definition) is 0. The highest BCUT2D eigenvalue weighted by molar-refractivity contribution is 5.94. The van der Waals surface area contributed by atoms with Crippen LogP contribution in [0.4, 0.5) is 0 Å². The van der Waals surface area contributed by atoms with Gasteiger partial charge in [0.15, 0.2) is 5.92 Å². The second-order valence-corrected chi connectivity index (χ2v) is 4.07. The molecule has 0 aliphatic carbocycles. The van der Waals surface area contributed by atoms with Crippen molar-refractivity contribution in [3.05, 3.63) is 0 Å². The Hall–Kier alpha value is -1.14. The van der Waals surface area contributed by atoms with E-state index in [1.165, 1.54) is 0 Å². The first kappa shape index (κ1) is 18.9. The molecule has 0 aromatic heterocycles. The Balaban J connectivity index is 4.10. The van der Waals surface area contributed by atoms with Gasteiger partial charge in [-0.2, -0.15) is 0 Å². The molecule has 0 aliphatic rings. The van der Waals surface area contributed by atoms with Gasteiger partial charge in [0.05, 0.1) is 13.2 Å². The van der Waals surface area contributed by atoms with E-state index >= 15 is 0 Å². The second kappa shape index (κ2) is 12.9. The van der Waals surface area contributed by atoms with Crippen LogP contribution in [0.15, 0.2) is 0 Å². The van der Waals surface area contributed by atoms with Gasteiger partial charge in [0.2, 0.25) is 0 Å². The van der Waals surface area contributed by atoms with Crippen LogP contribution < -0.4 is 0 Å². The molecule has 0 amide bonds. The lowest BCUT2D eigenvalue weighted by Gasteiger charge is -2.14. The molecule has 0 spiro atoms. The molecule has 0 fully saturated rings. The zero-order valence-electron chi connectivity index (χ0n) is 12.7. The summed E-state index contributed by atoms with van der Waals surface area (Å²) in [7, 11) is 0. The van der Waals surface area contributed by atoms with Gasteiger partial charge in [0.1, 0.15) is 13.2 Å². The third-order valence-corrected chi connectivity index (χ3v) is 2.50. The Labute approximate surface area is 120 Å². The molecule has 0 saturated carbocycles. The molecule has 0 radical (unpaired) electrons. The van der Waals surface area contributed by atoms with Crippen molar-refractivity contribution in [1.29, 1.82) is 0 Å². The highest BCUT2D eigenvalue weighted by Crippen LogP contribution is 2.11. The van der Waals surface area contributed by atoms with Gasteiger partial charge in [-0.3, -0.25) is 9.59 Å². The normalized spacial score (nSPS) is 10.6. The van der Waals surface area contributed by atoms with Crippen molar-refractivity contribution in [2.24, 2.45) is 5.92 Å². The molecule has 0 aromatic carbocycles. The topological polar surface area (TPSA) is 71.1 Å². The predicted octanol–water partition coefficient (Wildman–Crippen LogP) is 1.56. The second-order valence-electron chi connectivity index (χ2n) is 4.07. The van der Waals surface area contributed by atoms with E-state index in [9.17, 15) is 9.59 Å². The Kier molecular flexibility index (Phi) is 12.1. The van der Waals surface area contributed by atoms with Crippen molar-refractivity contribution in [2.75, 3.05) is 39.6 Å². The van der Waals surface area contributed by atoms with Gasteiger partial charge in [-0.1, -0.05) is 13.3 Å². The van der Waals surface area contributed by atoms with E-state index in [-0.39, 0.29) is 13.2 Å². The third kappa shape index (κ3) is 8.87. The van der Waals surface area contributed by atoms with Crippen LogP contribution in [-0.4, -0.2) is 51.6 Å². The van der Waals surface area contributed by atoms with Crippen molar-refractivity contribution in [3.8, 4) is 0 Å². The van der Waals surface area contributed by atoms with Crippen LogP contribution in [0, 0.1) is 5.92 Å². The van der Waals surface area contributed by atoms with Crippen LogP contribution in [0.5, 0.6) is 0 Å². The van der Waals surface area contributed by atoms with Crippen LogP contribution >= 0.6 is 0 Å². The summed E-state index contributed by atoms with van der Waals surface area (Å²) in [6, 6.07) is 0. The number of rotatable bonds is 12. The first-order valence-corrected chi connectivity index (χ1v) is 7.16. The Bertz CT molecular complexity index is 242. The lowest BCUT2D eigenvalue weighted by atomic mass is 10.0. The minimum Gasteiger partial charge on any atom is -0.463 e. The minimum absolute atomic E-state index is 0.152. The van der Waals surface area contributed by atoms with E-state index < -0.39 is 17.9 Å². The lowest BCUT2D eigenvalue weighted by Crippen LogP contribution is -2.29. The summed E-state index contributed by atoms with van der Waals surface area (Å²) in [5, 5.41) is 0. The summed E-state index contributed by atoms with van der Waals surface area (Å²) in [6.07, 6.45) is 1.12. The molecule has 118 valence electrons. The number of hydrogen-bond acceptors (Lipinski definition) is 6. The zero-order valence-corrected chi connectivity index (χ0v) is 12.7.